The molecule has 0 unspecified atom stereocenters. The van der Waals surface area contributed by atoms with Gasteiger partial charge in [0.2, 0.25) is 0 Å². The van der Waals surface area contributed by atoms with Gasteiger partial charge in [-0.25, -0.2) is 5.01 Å². The normalized spacial score (nSPS) is 20.0. The number of rotatable bonds is 6. The Balaban J connectivity index is 1.56. The van der Waals surface area contributed by atoms with Gasteiger partial charge in [0.1, 0.15) is 5.75 Å². The number of aryl methyl sites for hydroxylation is 1. The zero-order valence-electron chi connectivity index (χ0n) is 18.9. The number of carbonyl (C=O) groups excluding carboxylic acids is 1. The van der Waals surface area contributed by atoms with Crippen molar-refractivity contribution in [3.8, 4) is 5.75 Å². The number of amides is 1. The van der Waals surface area contributed by atoms with E-state index in [2.05, 4.69) is 55.1 Å². The lowest BCUT2D eigenvalue weighted by atomic mass is 9.97. The van der Waals surface area contributed by atoms with Gasteiger partial charge in [-0.05, 0) is 69.0 Å². The summed E-state index contributed by atoms with van der Waals surface area (Å²) in [5.74, 6) is 1.68. The molecule has 0 spiro atoms. The topological polar surface area (TPSA) is 45.1 Å². The van der Waals surface area contributed by atoms with E-state index in [1.165, 1.54) is 5.56 Å². The number of hydrazone groups is 1. The standard InChI is InChI=1S/C26H33N3O2/c1-4-31-23-11-9-22(10-12-23)25-17-24(21-7-5-19(2)6-8-21)27-29(25)26(30)18-28-15-13-20(3)14-16-28/h5-12,20,25H,4,13-18H2,1-3H3/t25-/m1/s1. The molecule has 0 saturated carbocycles. The van der Waals surface area contributed by atoms with Crippen molar-refractivity contribution in [1.29, 1.82) is 0 Å². The first-order valence-corrected chi connectivity index (χ1v) is 11.4. The van der Waals surface area contributed by atoms with Gasteiger partial charge in [0.25, 0.3) is 5.91 Å². The summed E-state index contributed by atoms with van der Waals surface area (Å²) in [5, 5.41) is 6.55. The van der Waals surface area contributed by atoms with Crippen LogP contribution in [0.25, 0.3) is 0 Å². The quantitative estimate of drug-likeness (QED) is 0.675. The lowest BCUT2D eigenvalue weighted by Crippen LogP contribution is -2.41. The predicted molar refractivity (Wildman–Crippen MR) is 124 cm³/mol. The van der Waals surface area contributed by atoms with Crippen molar-refractivity contribution in [2.45, 2.75) is 46.1 Å². The van der Waals surface area contributed by atoms with Crippen LogP contribution >= 0.6 is 0 Å². The van der Waals surface area contributed by atoms with E-state index in [-0.39, 0.29) is 11.9 Å². The van der Waals surface area contributed by atoms with Crippen LogP contribution in [0.3, 0.4) is 0 Å². The van der Waals surface area contributed by atoms with Gasteiger partial charge >= 0.3 is 0 Å². The third-order valence-corrected chi connectivity index (χ3v) is 6.36. The molecule has 2 aliphatic heterocycles. The summed E-state index contributed by atoms with van der Waals surface area (Å²) in [5.41, 5.74) is 4.37. The zero-order valence-corrected chi connectivity index (χ0v) is 18.9. The molecule has 1 fully saturated rings. The maximum Gasteiger partial charge on any atom is 0.257 e. The predicted octanol–water partition coefficient (Wildman–Crippen LogP) is 4.80. The second-order valence-electron chi connectivity index (χ2n) is 8.83. The Morgan fingerprint density at radius 1 is 1.06 bits per heavy atom. The van der Waals surface area contributed by atoms with Gasteiger partial charge in [-0.1, -0.05) is 48.9 Å². The number of piperidine rings is 1. The lowest BCUT2D eigenvalue weighted by molar-refractivity contribution is -0.134. The largest absolute Gasteiger partial charge is 0.494 e. The first-order chi connectivity index (χ1) is 15.0. The van der Waals surface area contributed by atoms with Gasteiger partial charge in [0.05, 0.1) is 24.9 Å². The highest BCUT2D eigenvalue weighted by molar-refractivity contribution is 6.03. The van der Waals surface area contributed by atoms with E-state index in [0.717, 1.165) is 60.9 Å². The van der Waals surface area contributed by atoms with Crippen LogP contribution < -0.4 is 4.74 Å². The van der Waals surface area contributed by atoms with Crippen LogP contribution in [0.15, 0.2) is 53.6 Å². The molecule has 1 atom stereocenters. The molecule has 5 nitrogen and oxygen atoms in total. The van der Waals surface area contributed by atoms with E-state index in [0.29, 0.717) is 13.2 Å². The van der Waals surface area contributed by atoms with Crippen molar-refractivity contribution < 1.29 is 9.53 Å². The highest BCUT2D eigenvalue weighted by Gasteiger charge is 2.34. The fourth-order valence-corrected chi connectivity index (χ4v) is 4.36. The number of nitrogens with zero attached hydrogens (tertiary/aromatic N) is 3. The molecule has 2 aliphatic rings. The minimum absolute atomic E-state index is 0.0792. The second-order valence-corrected chi connectivity index (χ2v) is 8.83. The van der Waals surface area contributed by atoms with Gasteiger partial charge in [0.15, 0.2) is 0 Å². The Hall–Kier alpha value is -2.66. The Morgan fingerprint density at radius 2 is 1.74 bits per heavy atom. The fourth-order valence-electron chi connectivity index (χ4n) is 4.36. The number of benzene rings is 2. The molecular weight excluding hydrogens is 386 g/mol. The van der Waals surface area contributed by atoms with Crippen LogP contribution in [0, 0.1) is 12.8 Å². The molecule has 31 heavy (non-hydrogen) atoms. The van der Waals surface area contributed by atoms with E-state index in [1.807, 2.05) is 19.1 Å². The Morgan fingerprint density at radius 3 is 2.39 bits per heavy atom. The van der Waals surface area contributed by atoms with Crippen LogP contribution in [0.1, 0.15) is 55.8 Å². The van der Waals surface area contributed by atoms with Gasteiger partial charge in [-0.3, -0.25) is 9.69 Å². The minimum atomic E-state index is -0.0804. The average molecular weight is 420 g/mol. The summed E-state index contributed by atoms with van der Waals surface area (Å²) >= 11 is 0. The number of hydrogen-bond donors (Lipinski definition) is 0. The van der Waals surface area contributed by atoms with Crippen molar-refractivity contribution in [2.24, 2.45) is 11.0 Å². The molecule has 0 aromatic heterocycles. The SMILES string of the molecule is CCOc1ccc([C@H]2CC(c3ccc(C)cc3)=NN2C(=O)CN2CCC(C)CC2)cc1. The maximum absolute atomic E-state index is 13.3. The van der Waals surface area contributed by atoms with Crippen molar-refractivity contribution in [3.63, 3.8) is 0 Å². The van der Waals surface area contributed by atoms with Crippen molar-refractivity contribution in [3.05, 3.63) is 65.2 Å². The van der Waals surface area contributed by atoms with E-state index in [1.54, 1.807) is 5.01 Å². The number of carbonyl (C=O) groups is 1. The highest BCUT2D eigenvalue weighted by atomic mass is 16.5. The first kappa shape index (κ1) is 21.6. The fraction of sp³-hybridized carbons (Fsp3) is 0.462. The van der Waals surface area contributed by atoms with Crippen molar-refractivity contribution in [2.75, 3.05) is 26.2 Å². The molecule has 2 aromatic carbocycles. The summed E-state index contributed by atoms with van der Waals surface area (Å²) in [6.07, 6.45) is 3.04. The molecule has 4 rings (SSSR count). The van der Waals surface area contributed by atoms with Crippen molar-refractivity contribution in [1.82, 2.24) is 9.91 Å². The molecule has 1 amide bonds. The summed E-state index contributed by atoms with van der Waals surface area (Å²) in [4.78, 5) is 15.6. The Kier molecular flexibility index (Phi) is 6.71. The van der Waals surface area contributed by atoms with Gasteiger partial charge in [-0.15, -0.1) is 0 Å². The van der Waals surface area contributed by atoms with Gasteiger partial charge in [-0.2, -0.15) is 5.10 Å². The summed E-state index contributed by atoms with van der Waals surface area (Å²) < 4.78 is 5.59. The van der Waals surface area contributed by atoms with Crippen LogP contribution in [-0.2, 0) is 4.79 Å². The van der Waals surface area contributed by atoms with Gasteiger partial charge in [0, 0.05) is 6.42 Å². The first-order valence-electron chi connectivity index (χ1n) is 11.4. The maximum atomic E-state index is 13.3. The van der Waals surface area contributed by atoms with Crippen LogP contribution in [0.2, 0.25) is 0 Å². The smallest absolute Gasteiger partial charge is 0.257 e. The highest BCUT2D eigenvalue weighted by Crippen LogP contribution is 2.34. The summed E-state index contributed by atoms with van der Waals surface area (Å²) in [7, 11) is 0. The lowest BCUT2D eigenvalue weighted by Gasteiger charge is -2.31. The number of ether oxygens (including phenoxy) is 1. The second kappa shape index (κ2) is 9.65. The molecule has 1 saturated heterocycles. The third kappa shape index (κ3) is 5.16. The van der Waals surface area contributed by atoms with E-state index in [9.17, 15) is 4.79 Å². The van der Waals surface area contributed by atoms with Crippen LogP contribution in [0.4, 0.5) is 0 Å². The zero-order chi connectivity index (χ0) is 21.8. The van der Waals surface area contributed by atoms with Crippen molar-refractivity contribution >= 4 is 11.6 Å². The van der Waals surface area contributed by atoms with E-state index < -0.39 is 0 Å². The molecule has 2 heterocycles. The summed E-state index contributed by atoms with van der Waals surface area (Å²) in [6.45, 7) is 9.41. The van der Waals surface area contributed by atoms with E-state index in [4.69, 9.17) is 9.84 Å². The molecule has 0 radical (unpaired) electrons. The van der Waals surface area contributed by atoms with Crippen LogP contribution in [-0.4, -0.2) is 47.8 Å². The molecular formula is C26H33N3O2. The van der Waals surface area contributed by atoms with Gasteiger partial charge < -0.3 is 4.74 Å². The number of hydrogen-bond acceptors (Lipinski definition) is 4. The molecule has 164 valence electrons. The molecule has 5 heteroatoms. The minimum Gasteiger partial charge on any atom is -0.494 e. The monoisotopic (exact) mass is 419 g/mol. The van der Waals surface area contributed by atoms with E-state index >= 15 is 0 Å². The molecule has 0 N–H and O–H groups in total. The third-order valence-electron chi connectivity index (χ3n) is 6.36. The Labute approximate surface area is 185 Å². The number of likely N-dealkylation sites (tertiary alicyclic amines) is 1. The Bertz CT molecular complexity index is 913. The van der Waals surface area contributed by atoms with Crippen LogP contribution in [0.5, 0.6) is 5.75 Å². The average Bonchev–Trinajstić information content (AvgIpc) is 3.22. The molecule has 0 bridgehead atoms. The molecule has 0 aliphatic carbocycles. The molecule has 2 aromatic rings. The summed E-state index contributed by atoms with van der Waals surface area (Å²) in [6, 6.07) is 16.4.